The SMILES string of the molecule is C=CCSc1ccc(C2(c3ccccc3)c3ccccc3-c3ccc(N(C4=CCC(c5ccc(N(c6ccc(-c7ccccc7)cc6)c6ccc7c(c6)C(c6ccccc6)(c6ccc(SC/C=C\C)cc6)c6ccccc6-7)cc5)C=C4)c4ccc(-c5ccccc5)cc4)cc32)cc1. The summed E-state index contributed by atoms with van der Waals surface area (Å²) in [4.78, 5) is 7.42. The average Bonchev–Trinajstić information content (AvgIpc) is 1.56. The number of nitrogens with zero attached hydrogens (tertiary/aromatic N) is 2. The highest BCUT2D eigenvalue weighted by molar-refractivity contribution is 7.99. The zero-order valence-electron chi connectivity index (χ0n) is 54.3. The average molecular weight is 1280 g/mol. The zero-order valence-corrected chi connectivity index (χ0v) is 55.9. The van der Waals surface area contributed by atoms with E-state index in [0.717, 1.165) is 52.1 Å². The van der Waals surface area contributed by atoms with Crippen LogP contribution in [0.4, 0.5) is 28.4 Å². The minimum atomic E-state index is -0.570. The second-order valence-electron chi connectivity index (χ2n) is 25.2. The van der Waals surface area contributed by atoms with Crippen LogP contribution >= 0.6 is 23.5 Å². The molecular formula is C93H72N2S2. The third-order valence-corrected chi connectivity index (χ3v) is 21.9. The van der Waals surface area contributed by atoms with Gasteiger partial charge in [0.15, 0.2) is 0 Å². The number of allylic oxidation sites excluding steroid dienone is 4. The Balaban J connectivity index is 0.777. The maximum absolute atomic E-state index is 4.00. The van der Waals surface area contributed by atoms with E-state index < -0.39 is 10.8 Å². The van der Waals surface area contributed by atoms with Gasteiger partial charge in [-0.3, -0.25) is 0 Å². The first-order chi connectivity index (χ1) is 48.0. The van der Waals surface area contributed by atoms with Gasteiger partial charge in [0.25, 0.3) is 0 Å². The van der Waals surface area contributed by atoms with Gasteiger partial charge in [-0.05, 0) is 199 Å². The molecule has 16 rings (SSSR count). The quantitative estimate of drug-likeness (QED) is 0.0588. The van der Waals surface area contributed by atoms with Crippen molar-refractivity contribution in [3.63, 3.8) is 0 Å². The maximum Gasteiger partial charge on any atom is 0.0714 e. The fourth-order valence-corrected chi connectivity index (χ4v) is 16.9. The summed E-state index contributed by atoms with van der Waals surface area (Å²) in [7, 11) is 0. The summed E-state index contributed by atoms with van der Waals surface area (Å²) in [6.07, 6.45) is 14.4. The van der Waals surface area contributed by atoms with Crippen LogP contribution in [0, 0.1) is 0 Å². The molecule has 3 atom stereocenters. The first-order valence-electron chi connectivity index (χ1n) is 33.7. The Labute approximate surface area is 580 Å². The molecule has 0 radical (unpaired) electrons. The number of thioether (sulfide) groups is 2. The van der Waals surface area contributed by atoms with Crippen LogP contribution in [0.1, 0.15) is 69.3 Å². The summed E-state index contributed by atoms with van der Waals surface area (Å²) >= 11 is 3.69. The number of fused-ring (bicyclic) bond motifs is 6. The van der Waals surface area contributed by atoms with Crippen LogP contribution < -0.4 is 9.80 Å². The Morgan fingerprint density at radius 1 is 0.371 bits per heavy atom. The van der Waals surface area contributed by atoms with Crippen LogP contribution in [0.5, 0.6) is 0 Å². The predicted molar refractivity (Wildman–Crippen MR) is 413 cm³/mol. The molecule has 97 heavy (non-hydrogen) atoms. The first kappa shape index (κ1) is 61.0. The second kappa shape index (κ2) is 26.7. The number of anilines is 5. The van der Waals surface area contributed by atoms with Crippen molar-refractivity contribution in [3.8, 4) is 44.5 Å². The molecule has 0 N–H and O–H groups in total. The molecule has 2 nitrogen and oxygen atoms in total. The number of hydrogen-bond acceptors (Lipinski definition) is 4. The van der Waals surface area contributed by atoms with Gasteiger partial charge in [-0.1, -0.05) is 273 Å². The van der Waals surface area contributed by atoms with Crippen molar-refractivity contribution in [3.05, 3.63) is 426 Å². The number of benzene rings is 13. The van der Waals surface area contributed by atoms with E-state index in [1.807, 2.05) is 29.6 Å². The Morgan fingerprint density at radius 2 is 0.753 bits per heavy atom. The molecule has 3 aliphatic carbocycles. The molecule has 13 aromatic rings. The third-order valence-electron chi connectivity index (χ3n) is 19.9. The maximum atomic E-state index is 4.00. The van der Waals surface area contributed by atoms with Crippen LogP contribution in [-0.2, 0) is 10.8 Å². The largest absolute Gasteiger partial charge is 0.311 e. The van der Waals surface area contributed by atoms with Crippen molar-refractivity contribution >= 4 is 52.0 Å². The molecule has 13 aromatic carbocycles. The summed E-state index contributed by atoms with van der Waals surface area (Å²) in [5.74, 6) is 1.96. The van der Waals surface area contributed by atoms with Crippen LogP contribution in [-0.4, -0.2) is 11.5 Å². The lowest BCUT2D eigenvalue weighted by atomic mass is 9.67. The lowest BCUT2D eigenvalue weighted by Gasteiger charge is -2.35. The van der Waals surface area contributed by atoms with Gasteiger partial charge in [0.05, 0.1) is 10.8 Å². The van der Waals surface area contributed by atoms with Gasteiger partial charge in [-0.25, -0.2) is 0 Å². The number of rotatable bonds is 19. The van der Waals surface area contributed by atoms with Crippen LogP contribution in [0.3, 0.4) is 0 Å². The van der Waals surface area contributed by atoms with E-state index in [1.54, 1.807) is 0 Å². The monoisotopic (exact) mass is 1280 g/mol. The van der Waals surface area contributed by atoms with Gasteiger partial charge in [0.1, 0.15) is 0 Å². The molecule has 0 saturated carbocycles. The molecule has 0 spiro atoms. The van der Waals surface area contributed by atoms with Crippen molar-refractivity contribution in [1.82, 2.24) is 0 Å². The van der Waals surface area contributed by atoms with Gasteiger partial charge >= 0.3 is 0 Å². The van der Waals surface area contributed by atoms with Crippen LogP contribution in [0.15, 0.2) is 386 Å². The molecule has 3 aliphatic rings. The standard InChI is InChI=1S/C93H72N2S2/c1-3-5-63-97-83-58-44-75(45-59-83)93(73-28-16-9-17-29-73)89-33-21-19-31-85(89)87-61-55-81(65-91(87)93)95(77-48-36-69(37-49-77)67-24-12-7-13-25-67)79-52-40-71(41-53-79)70-38-50-78(51-39-70)94(76-46-34-68(35-47-76)66-22-10-6-11-23-66)80-54-60-86-84-30-18-20-32-88(84)92(90(86)64-80,72-26-14-8-15-27-72)74-42-56-82(57-43-74)96-62-4-2/h3-38,40-61,64-65,70H,2,39,62-63H2,1H3/b5-3-. The minimum Gasteiger partial charge on any atom is -0.311 e. The van der Waals surface area contributed by atoms with Gasteiger partial charge in [-0.2, -0.15) is 0 Å². The van der Waals surface area contributed by atoms with E-state index in [1.165, 1.54) is 104 Å². The van der Waals surface area contributed by atoms with Crippen molar-refractivity contribution in [2.75, 3.05) is 21.3 Å². The summed E-state index contributed by atoms with van der Waals surface area (Å²) in [5, 5.41) is 0. The molecule has 4 heteroatoms. The molecule has 0 aromatic heterocycles. The van der Waals surface area contributed by atoms with Gasteiger partial charge < -0.3 is 9.80 Å². The number of hydrogen-bond donors (Lipinski definition) is 0. The molecule has 0 heterocycles. The molecule has 0 aliphatic heterocycles. The van der Waals surface area contributed by atoms with Crippen molar-refractivity contribution in [2.24, 2.45) is 0 Å². The van der Waals surface area contributed by atoms with E-state index in [4.69, 9.17) is 0 Å². The summed E-state index contributed by atoms with van der Waals surface area (Å²) in [5.41, 5.74) is 26.7. The predicted octanol–water partition coefficient (Wildman–Crippen LogP) is 24.9. The van der Waals surface area contributed by atoms with E-state index in [9.17, 15) is 0 Å². The highest BCUT2D eigenvalue weighted by atomic mass is 32.2. The molecule has 466 valence electrons. The molecule has 0 fully saturated rings. The summed E-state index contributed by atoms with van der Waals surface area (Å²) in [6.45, 7) is 6.09. The van der Waals surface area contributed by atoms with E-state index in [2.05, 4.69) is 381 Å². The minimum absolute atomic E-state index is 0.157. The van der Waals surface area contributed by atoms with Crippen LogP contribution in [0.2, 0.25) is 0 Å². The van der Waals surface area contributed by atoms with Gasteiger partial charge in [0, 0.05) is 61.3 Å². The fraction of sp³-hybridized carbons (Fsp3) is 0.0753. The highest BCUT2D eigenvalue weighted by Gasteiger charge is 2.48. The molecular weight excluding hydrogens is 1210 g/mol. The van der Waals surface area contributed by atoms with Crippen molar-refractivity contribution in [2.45, 2.75) is 39.9 Å². The smallest absolute Gasteiger partial charge is 0.0714 e. The molecule has 0 saturated heterocycles. The van der Waals surface area contributed by atoms with Gasteiger partial charge in [0.2, 0.25) is 0 Å². The Hall–Kier alpha value is -10.9. The van der Waals surface area contributed by atoms with Gasteiger partial charge in [-0.15, -0.1) is 30.1 Å². The molecule has 0 bridgehead atoms. The third kappa shape index (κ3) is 11.1. The summed E-state index contributed by atoms with van der Waals surface area (Å²) in [6, 6.07) is 122. The normalized spacial score (nSPS) is 16.4. The van der Waals surface area contributed by atoms with E-state index in [0.29, 0.717) is 0 Å². The fourth-order valence-electron chi connectivity index (χ4n) is 15.4. The highest BCUT2D eigenvalue weighted by Crippen LogP contribution is 2.59. The lowest BCUT2D eigenvalue weighted by Crippen LogP contribution is -2.29. The molecule has 3 unspecified atom stereocenters. The Bertz CT molecular complexity index is 5060. The van der Waals surface area contributed by atoms with Crippen molar-refractivity contribution in [1.29, 1.82) is 0 Å². The van der Waals surface area contributed by atoms with Crippen LogP contribution in [0.25, 0.3) is 44.5 Å². The van der Waals surface area contributed by atoms with E-state index >= 15 is 0 Å². The molecule has 0 amide bonds. The topological polar surface area (TPSA) is 6.48 Å². The van der Waals surface area contributed by atoms with E-state index in [-0.39, 0.29) is 5.92 Å². The Kier molecular flexibility index (Phi) is 16.8. The lowest BCUT2D eigenvalue weighted by molar-refractivity contribution is 0.767. The summed E-state index contributed by atoms with van der Waals surface area (Å²) < 4.78 is 0. The van der Waals surface area contributed by atoms with Crippen molar-refractivity contribution < 1.29 is 0 Å². The second-order valence-corrected chi connectivity index (χ2v) is 27.4. The Morgan fingerprint density at radius 3 is 1.21 bits per heavy atom. The first-order valence-corrected chi connectivity index (χ1v) is 35.7. The zero-order chi connectivity index (χ0) is 65.1.